The van der Waals surface area contributed by atoms with Crippen molar-refractivity contribution in [3.8, 4) is 11.4 Å². The summed E-state index contributed by atoms with van der Waals surface area (Å²) in [6, 6.07) is 4.39. The number of benzene rings is 1. The molecule has 1 heterocycles. The molecule has 0 saturated carbocycles. The molecule has 9 nitrogen and oxygen atoms in total. The SMILES string of the molecule is CCn1c(-c2cc(C)cc([N+](=O)[O-])c2)nnc1S(N)(=O)=O. The number of non-ortho nitro benzene ring substituents is 1. The molecule has 0 fully saturated rings. The van der Waals surface area contributed by atoms with Gasteiger partial charge in [0.2, 0.25) is 0 Å². The second-order valence-corrected chi connectivity index (χ2v) is 5.86. The lowest BCUT2D eigenvalue weighted by Crippen LogP contribution is -2.18. The van der Waals surface area contributed by atoms with Gasteiger partial charge >= 0.3 is 0 Å². The zero-order chi connectivity index (χ0) is 15.8. The number of nitrogens with two attached hydrogens (primary N) is 1. The second-order valence-electron chi connectivity index (χ2n) is 4.41. The van der Waals surface area contributed by atoms with Crippen molar-refractivity contribution in [3.63, 3.8) is 0 Å². The summed E-state index contributed by atoms with van der Waals surface area (Å²) in [6.45, 7) is 3.66. The van der Waals surface area contributed by atoms with Crippen LogP contribution in [-0.4, -0.2) is 28.1 Å². The molecule has 1 aromatic carbocycles. The summed E-state index contributed by atoms with van der Waals surface area (Å²) in [4.78, 5) is 10.4. The molecule has 112 valence electrons. The fraction of sp³-hybridized carbons (Fsp3) is 0.273. The average Bonchev–Trinajstić information content (AvgIpc) is 2.81. The summed E-state index contributed by atoms with van der Waals surface area (Å²) in [6.07, 6.45) is 0. The normalized spacial score (nSPS) is 11.6. The van der Waals surface area contributed by atoms with Gasteiger partial charge in [-0.05, 0) is 25.5 Å². The molecule has 0 amide bonds. The van der Waals surface area contributed by atoms with E-state index < -0.39 is 14.9 Å². The van der Waals surface area contributed by atoms with Crippen LogP contribution in [0.15, 0.2) is 23.4 Å². The molecule has 10 heteroatoms. The third-order valence-electron chi connectivity index (χ3n) is 2.82. The van der Waals surface area contributed by atoms with E-state index in [-0.39, 0.29) is 23.2 Å². The van der Waals surface area contributed by atoms with Gasteiger partial charge in [-0.25, -0.2) is 13.6 Å². The number of primary sulfonamides is 1. The zero-order valence-electron chi connectivity index (χ0n) is 11.3. The fourth-order valence-electron chi connectivity index (χ4n) is 2.00. The molecular formula is C11H13N5O4S. The molecule has 0 bridgehead atoms. The first-order valence-electron chi connectivity index (χ1n) is 5.96. The molecule has 21 heavy (non-hydrogen) atoms. The summed E-state index contributed by atoms with van der Waals surface area (Å²) in [7, 11) is -4.01. The summed E-state index contributed by atoms with van der Waals surface area (Å²) >= 11 is 0. The van der Waals surface area contributed by atoms with Gasteiger partial charge in [0.25, 0.3) is 20.9 Å². The molecule has 2 aromatic rings. The van der Waals surface area contributed by atoms with Crippen molar-refractivity contribution in [2.45, 2.75) is 25.5 Å². The smallest absolute Gasteiger partial charge is 0.273 e. The van der Waals surface area contributed by atoms with E-state index >= 15 is 0 Å². The van der Waals surface area contributed by atoms with E-state index in [1.165, 1.54) is 16.7 Å². The minimum atomic E-state index is -4.01. The van der Waals surface area contributed by atoms with E-state index in [1.54, 1.807) is 19.9 Å². The van der Waals surface area contributed by atoms with Crippen molar-refractivity contribution in [1.29, 1.82) is 0 Å². The van der Waals surface area contributed by atoms with Crippen LogP contribution in [-0.2, 0) is 16.6 Å². The van der Waals surface area contributed by atoms with Gasteiger partial charge < -0.3 is 0 Å². The van der Waals surface area contributed by atoms with Gasteiger partial charge in [-0.3, -0.25) is 14.7 Å². The van der Waals surface area contributed by atoms with Gasteiger partial charge in [-0.1, -0.05) is 0 Å². The number of aromatic nitrogens is 3. The van der Waals surface area contributed by atoms with Crippen molar-refractivity contribution < 1.29 is 13.3 Å². The van der Waals surface area contributed by atoms with Crippen LogP contribution in [0.25, 0.3) is 11.4 Å². The molecule has 0 atom stereocenters. The van der Waals surface area contributed by atoms with Crippen LogP contribution in [0.2, 0.25) is 0 Å². The number of hydrogen-bond acceptors (Lipinski definition) is 6. The summed E-state index contributed by atoms with van der Waals surface area (Å²) < 4.78 is 24.2. The van der Waals surface area contributed by atoms with Crippen LogP contribution >= 0.6 is 0 Å². The monoisotopic (exact) mass is 311 g/mol. The van der Waals surface area contributed by atoms with Gasteiger partial charge in [-0.2, -0.15) is 0 Å². The molecule has 1 aromatic heterocycles. The van der Waals surface area contributed by atoms with Crippen LogP contribution < -0.4 is 5.14 Å². The Morgan fingerprint density at radius 3 is 2.52 bits per heavy atom. The van der Waals surface area contributed by atoms with Gasteiger partial charge in [0.1, 0.15) is 0 Å². The Kier molecular flexibility index (Phi) is 3.75. The van der Waals surface area contributed by atoms with Gasteiger partial charge in [-0.15, -0.1) is 10.2 Å². The molecular weight excluding hydrogens is 298 g/mol. The molecule has 0 aliphatic carbocycles. The van der Waals surface area contributed by atoms with Crippen LogP contribution in [0.3, 0.4) is 0 Å². The van der Waals surface area contributed by atoms with Crippen LogP contribution in [0.4, 0.5) is 5.69 Å². The number of nitro benzene ring substituents is 1. The predicted octanol–water partition coefficient (Wildman–Crippen LogP) is 0.829. The number of nitrogens with zero attached hydrogens (tertiary/aromatic N) is 4. The van der Waals surface area contributed by atoms with Crippen LogP contribution in [0.5, 0.6) is 0 Å². The molecule has 0 radical (unpaired) electrons. The number of hydrogen-bond donors (Lipinski definition) is 1. The Morgan fingerprint density at radius 2 is 2.00 bits per heavy atom. The average molecular weight is 311 g/mol. The zero-order valence-corrected chi connectivity index (χ0v) is 12.2. The van der Waals surface area contributed by atoms with Crippen molar-refractivity contribution in [2.24, 2.45) is 5.14 Å². The van der Waals surface area contributed by atoms with Gasteiger partial charge in [0.05, 0.1) is 4.92 Å². The Bertz CT molecular complexity index is 812. The van der Waals surface area contributed by atoms with E-state index in [0.717, 1.165) is 0 Å². The Morgan fingerprint density at radius 1 is 1.33 bits per heavy atom. The quantitative estimate of drug-likeness (QED) is 0.656. The van der Waals surface area contributed by atoms with E-state index in [1.807, 2.05) is 0 Å². The molecule has 0 aliphatic heterocycles. The highest BCUT2D eigenvalue weighted by Gasteiger charge is 2.22. The summed E-state index contributed by atoms with van der Waals surface area (Å²) in [5.74, 6) is 0.216. The Hall–Kier alpha value is -2.33. The number of rotatable bonds is 4. The molecule has 0 aliphatic rings. The first kappa shape index (κ1) is 15.1. The minimum Gasteiger partial charge on any atom is -0.297 e. The largest absolute Gasteiger partial charge is 0.297 e. The minimum absolute atomic E-state index is 0.104. The highest BCUT2D eigenvalue weighted by molar-refractivity contribution is 7.89. The van der Waals surface area contributed by atoms with E-state index in [9.17, 15) is 18.5 Å². The molecule has 2 N–H and O–H groups in total. The third kappa shape index (κ3) is 2.90. The Labute approximate surface area is 120 Å². The highest BCUT2D eigenvalue weighted by atomic mass is 32.2. The molecule has 0 spiro atoms. The highest BCUT2D eigenvalue weighted by Crippen LogP contribution is 2.26. The van der Waals surface area contributed by atoms with Crippen LogP contribution in [0.1, 0.15) is 12.5 Å². The maximum atomic E-state index is 11.4. The lowest BCUT2D eigenvalue weighted by Gasteiger charge is -2.07. The first-order chi connectivity index (χ1) is 9.74. The van der Waals surface area contributed by atoms with Crippen molar-refractivity contribution >= 4 is 15.7 Å². The number of sulfonamides is 1. The van der Waals surface area contributed by atoms with Gasteiger partial charge in [0.15, 0.2) is 5.82 Å². The predicted molar refractivity (Wildman–Crippen MR) is 73.9 cm³/mol. The van der Waals surface area contributed by atoms with Gasteiger partial charge in [0, 0.05) is 24.2 Å². The lowest BCUT2D eigenvalue weighted by atomic mass is 10.1. The van der Waals surface area contributed by atoms with Crippen molar-refractivity contribution in [1.82, 2.24) is 14.8 Å². The molecule has 0 unspecified atom stereocenters. The van der Waals surface area contributed by atoms with E-state index in [0.29, 0.717) is 11.1 Å². The van der Waals surface area contributed by atoms with Crippen molar-refractivity contribution in [2.75, 3.05) is 0 Å². The summed E-state index contributed by atoms with van der Waals surface area (Å²) in [5, 5.41) is 23.0. The second kappa shape index (κ2) is 5.22. The molecule has 2 rings (SSSR count). The number of aryl methyl sites for hydroxylation is 1. The van der Waals surface area contributed by atoms with Crippen molar-refractivity contribution in [3.05, 3.63) is 33.9 Å². The van der Waals surface area contributed by atoms with E-state index in [2.05, 4.69) is 10.2 Å². The molecule has 0 saturated heterocycles. The fourth-order valence-corrected chi connectivity index (χ4v) is 2.67. The Balaban J connectivity index is 2.68. The van der Waals surface area contributed by atoms with E-state index in [4.69, 9.17) is 5.14 Å². The maximum Gasteiger partial charge on any atom is 0.273 e. The lowest BCUT2D eigenvalue weighted by molar-refractivity contribution is -0.384. The third-order valence-corrected chi connectivity index (χ3v) is 3.63. The maximum absolute atomic E-state index is 11.4. The first-order valence-corrected chi connectivity index (χ1v) is 7.51. The van der Waals surface area contributed by atoms with Crippen LogP contribution in [0, 0.1) is 17.0 Å². The summed E-state index contributed by atoms with van der Waals surface area (Å²) in [5.41, 5.74) is 0.959. The standard InChI is InChI=1S/C11H13N5O4S/c1-3-15-10(13-14-11(15)21(12,19)20)8-4-7(2)5-9(6-8)16(17)18/h4-6H,3H2,1-2H3,(H2,12,19,20). The number of nitro groups is 1. The topological polar surface area (TPSA) is 134 Å².